The second kappa shape index (κ2) is 5.72. The SMILES string of the molecule is C#CCCN1C(=O)C(C(C)CC)NC(=O)C1C. The van der Waals surface area contributed by atoms with Gasteiger partial charge in [-0.2, -0.15) is 0 Å². The molecular formula is C13H20N2O2. The minimum absolute atomic E-state index is 0.0123. The third-order valence-corrected chi connectivity index (χ3v) is 3.40. The van der Waals surface area contributed by atoms with Crippen molar-refractivity contribution in [3.8, 4) is 12.3 Å². The van der Waals surface area contributed by atoms with E-state index in [-0.39, 0.29) is 17.7 Å². The van der Waals surface area contributed by atoms with Crippen molar-refractivity contribution in [1.29, 1.82) is 0 Å². The summed E-state index contributed by atoms with van der Waals surface area (Å²) in [5.41, 5.74) is 0. The molecule has 2 amide bonds. The molecule has 0 radical (unpaired) electrons. The van der Waals surface area contributed by atoms with Crippen molar-refractivity contribution < 1.29 is 9.59 Å². The molecule has 94 valence electrons. The van der Waals surface area contributed by atoms with Gasteiger partial charge in [-0.25, -0.2) is 0 Å². The molecule has 0 aliphatic carbocycles. The molecular weight excluding hydrogens is 216 g/mol. The van der Waals surface area contributed by atoms with Gasteiger partial charge in [0.2, 0.25) is 11.8 Å². The maximum absolute atomic E-state index is 12.2. The van der Waals surface area contributed by atoms with E-state index in [0.717, 1.165) is 6.42 Å². The van der Waals surface area contributed by atoms with Crippen LogP contribution in [0.2, 0.25) is 0 Å². The van der Waals surface area contributed by atoms with E-state index in [4.69, 9.17) is 6.42 Å². The molecule has 0 aromatic carbocycles. The second-order valence-corrected chi connectivity index (χ2v) is 4.53. The number of piperazine rings is 1. The number of rotatable bonds is 4. The first-order valence-electron chi connectivity index (χ1n) is 6.07. The fraction of sp³-hybridized carbons (Fsp3) is 0.692. The summed E-state index contributed by atoms with van der Waals surface area (Å²) in [6, 6.07) is -0.822. The van der Waals surface area contributed by atoms with Gasteiger partial charge in [0.25, 0.3) is 0 Å². The molecule has 3 atom stereocenters. The van der Waals surface area contributed by atoms with Crippen molar-refractivity contribution in [3.05, 3.63) is 0 Å². The zero-order valence-electron chi connectivity index (χ0n) is 10.7. The van der Waals surface area contributed by atoms with Crippen molar-refractivity contribution >= 4 is 11.8 Å². The molecule has 0 spiro atoms. The highest BCUT2D eigenvalue weighted by atomic mass is 16.2. The quantitative estimate of drug-likeness (QED) is 0.733. The van der Waals surface area contributed by atoms with Crippen LogP contribution < -0.4 is 5.32 Å². The van der Waals surface area contributed by atoms with Crippen LogP contribution >= 0.6 is 0 Å². The van der Waals surface area contributed by atoms with Crippen LogP contribution in [0.25, 0.3) is 0 Å². The molecule has 1 saturated heterocycles. The van der Waals surface area contributed by atoms with E-state index >= 15 is 0 Å². The Labute approximate surface area is 103 Å². The highest BCUT2D eigenvalue weighted by Gasteiger charge is 2.39. The Balaban J connectivity index is 2.83. The summed E-state index contributed by atoms with van der Waals surface area (Å²) in [6.45, 7) is 6.17. The minimum Gasteiger partial charge on any atom is -0.342 e. The van der Waals surface area contributed by atoms with E-state index in [0.29, 0.717) is 13.0 Å². The standard InChI is InChI=1S/C13H20N2O2/c1-5-7-8-15-10(4)12(16)14-11(13(15)17)9(3)6-2/h1,9-11H,6-8H2,2-4H3,(H,14,16). The van der Waals surface area contributed by atoms with E-state index in [1.807, 2.05) is 13.8 Å². The maximum atomic E-state index is 12.2. The lowest BCUT2D eigenvalue weighted by molar-refractivity contribution is -0.150. The topological polar surface area (TPSA) is 49.4 Å². The van der Waals surface area contributed by atoms with E-state index < -0.39 is 12.1 Å². The first kappa shape index (κ1) is 13.6. The molecule has 0 bridgehead atoms. The van der Waals surface area contributed by atoms with Gasteiger partial charge in [0.15, 0.2) is 0 Å². The highest BCUT2D eigenvalue weighted by Crippen LogP contribution is 2.17. The van der Waals surface area contributed by atoms with Gasteiger partial charge >= 0.3 is 0 Å². The zero-order valence-corrected chi connectivity index (χ0v) is 10.7. The molecule has 1 fully saturated rings. The van der Waals surface area contributed by atoms with E-state index in [1.165, 1.54) is 0 Å². The molecule has 1 aliphatic heterocycles. The van der Waals surface area contributed by atoms with Gasteiger partial charge in [0, 0.05) is 13.0 Å². The molecule has 0 aromatic heterocycles. The van der Waals surface area contributed by atoms with Gasteiger partial charge in [-0.05, 0) is 12.8 Å². The van der Waals surface area contributed by atoms with Crippen LogP contribution in [0.3, 0.4) is 0 Å². The van der Waals surface area contributed by atoms with E-state index in [2.05, 4.69) is 11.2 Å². The summed E-state index contributed by atoms with van der Waals surface area (Å²) in [5.74, 6) is 2.55. The highest BCUT2D eigenvalue weighted by molar-refractivity contribution is 5.96. The van der Waals surface area contributed by atoms with Gasteiger partial charge < -0.3 is 10.2 Å². The average molecular weight is 236 g/mol. The average Bonchev–Trinajstić information content (AvgIpc) is 2.33. The third-order valence-electron chi connectivity index (χ3n) is 3.40. The predicted molar refractivity (Wildman–Crippen MR) is 66.0 cm³/mol. The molecule has 17 heavy (non-hydrogen) atoms. The Hall–Kier alpha value is -1.50. The molecule has 1 aliphatic rings. The smallest absolute Gasteiger partial charge is 0.246 e. The number of hydrogen-bond acceptors (Lipinski definition) is 2. The van der Waals surface area contributed by atoms with E-state index in [9.17, 15) is 9.59 Å². The summed E-state index contributed by atoms with van der Waals surface area (Å²) < 4.78 is 0. The first-order valence-corrected chi connectivity index (χ1v) is 6.07. The van der Waals surface area contributed by atoms with Gasteiger partial charge in [-0.3, -0.25) is 9.59 Å². The fourth-order valence-electron chi connectivity index (χ4n) is 1.96. The van der Waals surface area contributed by atoms with Crippen LogP contribution in [0.15, 0.2) is 0 Å². The van der Waals surface area contributed by atoms with Crippen LogP contribution in [-0.4, -0.2) is 35.3 Å². The molecule has 4 heteroatoms. The number of amides is 2. The third kappa shape index (κ3) is 2.79. The van der Waals surface area contributed by atoms with Gasteiger partial charge in [0.05, 0.1) is 0 Å². The lowest BCUT2D eigenvalue weighted by Gasteiger charge is -2.39. The van der Waals surface area contributed by atoms with Crippen LogP contribution in [0, 0.1) is 18.3 Å². The molecule has 0 aromatic rings. The number of nitrogens with zero attached hydrogens (tertiary/aromatic N) is 1. The Morgan fingerprint density at radius 1 is 1.53 bits per heavy atom. The lowest BCUT2D eigenvalue weighted by atomic mass is 9.94. The summed E-state index contributed by atoms with van der Waals surface area (Å²) in [4.78, 5) is 25.6. The summed E-state index contributed by atoms with van der Waals surface area (Å²) in [7, 11) is 0. The van der Waals surface area contributed by atoms with Gasteiger partial charge in [-0.15, -0.1) is 12.3 Å². The molecule has 3 unspecified atom stereocenters. The molecule has 0 saturated carbocycles. The number of carbonyl (C=O) groups is 2. The maximum Gasteiger partial charge on any atom is 0.246 e. The van der Waals surface area contributed by atoms with Crippen molar-refractivity contribution in [2.75, 3.05) is 6.54 Å². The van der Waals surface area contributed by atoms with Crippen molar-refractivity contribution in [2.24, 2.45) is 5.92 Å². The summed E-state index contributed by atoms with van der Waals surface area (Å²) in [6.07, 6.45) is 6.54. The Morgan fingerprint density at radius 3 is 2.71 bits per heavy atom. The van der Waals surface area contributed by atoms with Crippen LogP contribution in [0.4, 0.5) is 0 Å². The number of nitrogens with one attached hydrogen (secondary N) is 1. The summed E-state index contributed by atoms with van der Waals surface area (Å²) >= 11 is 0. The fourth-order valence-corrected chi connectivity index (χ4v) is 1.96. The Bertz CT molecular complexity index is 346. The second-order valence-electron chi connectivity index (χ2n) is 4.53. The van der Waals surface area contributed by atoms with Crippen molar-refractivity contribution in [1.82, 2.24) is 10.2 Å². The Morgan fingerprint density at radius 2 is 2.18 bits per heavy atom. The van der Waals surface area contributed by atoms with Crippen LogP contribution in [-0.2, 0) is 9.59 Å². The van der Waals surface area contributed by atoms with Crippen LogP contribution in [0.5, 0.6) is 0 Å². The lowest BCUT2D eigenvalue weighted by Crippen LogP contribution is -2.64. The monoisotopic (exact) mass is 236 g/mol. The molecule has 1 N–H and O–H groups in total. The van der Waals surface area contributed by atoms with E-state index in [1.54, 1.807) is 11.8 Å². The van der Waals surface area contributed by atoms with Crippen LogP contribution in [0.1, 0.15) is 33.6 Å². The molecule has 4 nitrogen and oxygen atoms in total. The van der Waals surface area contributed by atoms with Crippen molar-refractivity contribution in [2.45, 2.75) is 45.7 Å². The largest absolute Gasteiger partial charge is 0.342 e. The van der Waals surface area contributed by atoms with Gasteiger partial charge in [0.1, 0.15) is 12.1 Å². The minimum atomic E-state index is -0.420. The zero-order chi connectivity index (χ0) is 13.0. The van der Waals surface area contributed by atoms with Gasteiger partial charge in [-0.1, -0.05) is 20.3 Å². The van der Waals surface area contributed by atoms with Crippen molar-refractivity contribution in [3.63, 3.8) is 0 Å². The number of hydrogen-bond donors (Lipinski definition) is 1. The Kier molecular flexibility index (Phi) is 4.56. The number of terminal acetylenes is 1. The summed E-state index contributed by atoms with van der Waals surface area (Å²) in [5, 5.41) is 2.79. The first-order chi connectivity index (χ1) is 8.02. The normalized spacial score (nSPS) is 26.4. The number of carbonyl (C=O) groups excluding carboxylic acids is 2. The predicted octanol–water partition coefficient (Wildman–Crippen LogP) is 0.771. The molecule has 1 heterocycles. The molecule has 1 rings (SSSR count).